The topological polar surface area (TPSA) is 83.8 Å². The molecule has 4 rings (SSSR count). The molecule has 0 radical (unpaired) electrons. The molecule has 3 aromatic carbocycles. The van der Waals surface area contributed by atoms with E-state index in [4.69, 9.17) is 11.6 Å². The predicted octanol–water partition coefficient (Wildman–Crippen LogP) is 4.82. The summed E-state index contributed by atoms with van der Waals surface area (Å²) in [4.78, 5) is 12.7. The first-order chi connectivity index (χ1) is 16.6. The van der Waals surface area contributed by atoms with Crippen molar-refractivity contribution < 1.29 is 13.2 Å². The lowest BCUT2D eigenvalue weighted by Crippen LogP contribution is -2.39. The summed E-state index contributed by atoms with van der Waals surface area (Å²) in [6, 6.07) is 22.2. The van der Waals surface area contributed by atoms with Crippen LogP contribution in [-0.4, -0.2) is 37.9 Å². The number of anilines is 1. The lowest BCUT2D eigenvalue weighted by molar-refractivity contribution is -0.119. The summed E-state index contributed by atoms with van der Waals surface area (Å²) < 4.78 is 28.2. The van der Waals surface area contributed by atoms with Crippen molar-refractivity contribution >= 4 is 50.2 Å². The first-order valence-electron chi connectivity index (χ1n) is 10.9. The van der Waals surface area contributed by atoms with Gasteiger partial charge in [-0.3, -0.25) is 9.10 Å². The van der Waals surface area contributed by atoms with E-state index < -0.39 is 22.5 Å². The van der Waals surface area contributed by atoms with Crippen molar-refractivity contribution in [2.24, 2.45) is 5.10 Å². The maximum absolute atomic E-state index is 12.7. The van der Waals surface area contributed by atoms with Crippen molar-refractivity contribution in [3.8, 4) is 5.69 Å². The molecular formula is C26H25ClN4O3S. The van der Waals surface area contributed by atoms with Crippen molar-refractivity contribution in [1.29, 1.82) is 0 Å². The van der Waals surface area contributed by atoms with Crippen molar-refractivity contribution in [1.82, 2.24) is 9.99 Å². The molecule has 7 nitrogen and oxygen atoms in total. The predicted molar refractivity (Wildman–Crippen MR) is 142 cm³/mol. The van der Waals surface area contributed by atoms with Crippen LogP contribution in [0.4, 0.5) is 5.69 Å². The van der Waals surface area contributed by atoms with Gasteiger partial charge in [-0.2, -0.15) is 5.10 Å². The summed E-state index contributed by atoms with van der Waals surface area (Å²) in [7, 11) is -3.72. The van der Waals surface area contributed by atoms with Gasteiger partial charge in [-0.05, 0) is 49.6 Å². The number of carbonyl (C=O) groups is 1. The van der Waals surface area contributed by atoms with Crippen LogP contribution in [0.2, 0.25) is 5.02 Å². The number of aryl methyl sites for hydroxylation is 1. The zero-order valence-electron chi connectivity index (χ0n) is 19.6. The van der Waals surface area contributed by atoms with Crippen LogP contribution in [-0.2, 0) is 14.8 Å². The van der Waals surface area contributed by atoms with Gasteiger partial charge in [0, 0.05) is 33.0 Å². The highest BCUT2D eigenvalue weighted by Gasteiger charge is 2.22. The molecule has 0 aliphatic carbocycles. The molecule has 1 aromatic heterocycles. The highest BCUT2D eigenvalue weighted by atomic mass is 35.5. The molecule has 0 bridgehead atoms. The second-order valence-corrected chi connectivity index (χ2v) is 10.5. The molecule has 0 fully saturated rings. The van der Waals surface area contributed by atoms with E-state index in [-0.39, 0.29) is 0 Å². The number of fused-ring (bicyclic) bond motifs is 1. The van der Waals surface area contributed by atoms with Crippen LogP contribution in [0.1, 0.15) is 17.0 Å². The molecular weight excluding hydrogens is 484 g/mol. The zero-order valence-corrected chi connectivity index (χ0v) is 21.1. The third-order valence-corrected chi connectivity index (χ3v) is 7.01. The molecule has 4 aromatic rings. The number of hydrogen-bond acceptors (Lipinski definition) is 4. The summed E-state index contributed by atoms with van der Waals surface area (Å²) in [5.41, 5.74) is 6.54. The molecule has 0 unspecified atom stereocenters. The number of aromatic nitrogens is 1. The van der Waals surface area contributed by atoms with Gasteiger partial charge in [0.05, 0.1) is 18.2 Å². The first kappa shape index (κ1) is 24.5. The smallest absolute Gasteiger partial charge is 0.260 e. The lowest BCUT2D eigenvalue weighted by atomic mass is 10.1. The van der Waals surface area contributed by atoms with Gasteiger partial charge in [-0.1, -0.05) is 54.1 Å². The number of halogens is 1. The van der Waals surface area contributed by atoms with E-state index in [2.05, 4.69) is 10.5 Å². The summed E-state index contributed by atoms with van der Waals surface area (Å²) in [6.45, 7) is 3.52. The second kappa shape index (κ2) is 9.93. The molecule has 1 heterocycles. The SMILES string of the molecule is Cc1cc(/C=N/NC(=O)CN(c2cccc3ccccc23)S(C)(=O)=O)c(C)n1-c1cccc(Cl)c1. The van der Waals surface area contributed by atoms with E-state index in [0.717, 1.165) is 44.0 Å². The number of amides is 1. The Labute approximate surface area is 209 Å². The van der Waals surface area contributed by atoms with Crippen LogP contribution in [0.3, 0.4) is 0 Å². The van der Waals surface area contributed by atoms with E-state index in [9.17, 15) is 13.2 Å². The Kier molecular flexibility index (Phi) is 6.95. The van der Waals surface area contributed by atoms with Crippen LogP contribution >= 0.6 is 11.6 Å². The van der Waals surface area contributed by atoms with Gasteiger partial charge in [0.25, 0.3) is 5.91 Å². The zero-order chi connectivity index (χ0) is 25.2. The van der Waals surface area contributed by atoms with E-state index in [1.807, 2.05) is 79.1 Å². The Hall–Kier alpha value is -3.62. The molecule has 180 valence electrons. The van der Waals surface area contributed by atoms with Gasteiger partial charge in [0.2, 0.25) is 10.0 Å². The van der Waals surface area contributed by atoms with Crippen molar-refractivity contribution in [2.75, 3.05) is 17.1 Å². The van der Waals surface area contributed by atoms with E-state index >= 15 is 0 Å². The van der Waals surface area contributed by atoms with Gasteiger partial charge < -0.3 is 4.57 Å². The number of sulfonamides is 1. The van der Waals surface area contributed by atoms with E-state index in [0.29, 0.717) is 10.7 Å². The maximum Gasteiger partial charge on any atom is 0.260 e. The molecule has 1 amide bonds. The maximum atomic E-state index is 12.7. The normalized spacial score (nSPS) is 11.8. The van der Waals surface area contributed by atoms with Crippen LogP contribution in [0.25, 0.3) is 16.5 Å². The van der Waals surface area contributed by atoms with E-state index in [1.54, 1.807) is 18.3 Å². The summed E-state index contributed by atoms with van der Waals surface area (Å²) in [5.74, 6) is -0.553. The monoisotopic (exact) mass is 508 g/mol. The standard InChI is InChI=1S/C26H25ClN4O3S/c1-18-14-21(19(2)31(18)23-11-7-10-22(27)15-23)16-28-29-26(32)17-30(35(3,33)34)25-13-6-9-20-8-4-5-12-24(20)25/h4-16H,17H2,1-3H3,(H,29,32)/b28-16+. The molecule has 0 spiro atoms. The summed E-state index contributed by atoms with van der Waals surface area (Å²) >= 11 is 6.14. The van der Waals surface area contributed by atoms with E-state index in [1.165, 1.54) is 0 Å². The van der Waals surface area contributed by atoms with Gasteiger partial charge in [0.15, 0.2) is 0 Å². The number of hydrogen-bond donors (Lipinski definition) is 1. The number of rotatable bonds is 7. The molecule has 0 saturated heterocycles. The third kappa shape index (κ3) is 5.39. The number of carbonyl (C=O) groups excluding carboxylic acids is 1. The minimum atomic E-state index is -3.72. The molecule has 0 aliphatic rings. The minimum absolute atomic E-state index is 0.397. The quantitative estimate of drug-likeness (QED) is 0.287. The molecule has 35 heavy (non-hydrogen) atoms. The Balaban J connectivity index is 1.53. The van der Waals surface area contributed by atoms with Crippen LogP contribution in [0, 0.1) is 13.8 Å². The average molecular weight is 509 g/mol. The largest absolute Gasteiger partial charge is 0.318 e. The molecule has 0 aliphatic heterocycles. The number of hydrazone groups is 1. The van der Waals surface area contributed by atoms with Gasteiger partial charge >= 0.3 is 0 Å². The lowest BCUT2D eigenvalue weighted by Gasteiger charge is -2.23. The fourth-order valence-corrected chi connectivity index (χ4v) is 5.13. The fraction of sp³-hybridized carbons (Fsp3) is 0.154. The van der Waals surface area contributed by atoms with Crippen molar-refractivity contribution in [2.45, 2.75) is 13.8 Å². The highest BCUT2D eigenvalue weighted by Crippen LogP contribution is 2.28. The molecule has 9 heteroatoms. The molecule has 0 atom stereocenters. The fourth-order valence-electron chi connectivity index (χ4n) is 4.08. The van der Waals surface area contributed by atoms with Crippen LogP contribution in [0.5, 0.6) is 0 Å². The van der Waals surface area contributed by atoms with Crippen molar-refractivity contribution in [3.05, 3.63) is 94.8 Å². The number of nitrogens with zero attached hydrogens (tertiary/aromatic N) is 3. The van der Waals surface area contributed by atoms with Crippen LogP contribution < -0.4 is 9.73 Å². The highest BCUT2D eigenvalue weighted by molar-refractivity contribution is 7.92. The molecule has 1 N–H and O–H groups in total. The minimum Gasteiger partial charge on any atom is -0.318 e. The third-order valence-electron chi connectivity index (χ3n) is 5.65. The Bertz CT molecular complexity index is 1540. The average Bonchev–Trinajstić information content (AvgIpc) is 3.09. The van der Waals surface area contributed by atoms with Crippen molar-refractivity contribution in [3.63, 3.8) is 0 Å². The first-order valence-corrected chi connectivity index (χ1v) is 13.1. The Morgan fingerprint density at radius 3 is 2.51 bits per heavy atom. The second-order valence-electron chi connectivity index (χ2n) is 8.20. The van der Waals surface area contributed by atoms with Gasteiger partial charge in [0.1, 0.15) is 6.54 Å². The van der Waals surface area contributed by atoms with Gasteiger partial charge in [-0.25, -0.2) is 13.8 Å². The Morgan fingerprint density at radius 2 is 1.77 bits per heavy atom. The number of nitrogens with one attached hydrogen (secondary N) is 1. The number of benzene rings is 3. The summed E-state index contributed by atoms with van der Waals surface area (Å²) in [5, 5.41) is 6.33. The summed E-state index contributed by atoms with van der Waals surface area (Å²) in [6.07, 6.45) is 2.62. The van der Waals surface area contributed by atoms with Crippen LogP contribution in [0.15, 0.2) is 77.9 Å². The van der Waals surface area contributed by atoms with Gasteiger partial charge in [-0.15, -0.1) is 0 Å². The Morgan fingerprint density at radius 1 is 1.06 bits per heavy atom. The molecule has 0 saturated carbocycles.